The Morgan fingerprint density at radius 1 is 1.04 bits per heavy atom. The number of unbranched alkanes of at least 4 members (excludes halogenated alkanes) is 2. The molecular weight excluding hydrogens is 339 g/mol. The summed E-state index contributed by atoms with van der Waals surface area (Å²) in [7, 11) is 0. The molecule has 2 rings (SSSR count). The lowest BCUT2D eigenvalue weighted by molar-refractivity contribution is -0.137. The molecule has 0 amide bonds. The topological polar surface area (TPSA) is 23.5 Å². The first-order chi connectivity index (χ1) is 12.4. The van der Waals surface area contributed by atoms with Crippen molar-refractivity contribution in [2.45, 2.75) is 44.9 Å². The highest BCUT2D eigenvalue weighted by molar-refractivity contribution is 5.26. The molecule has 0 aliphatic carbocycles. The first kappa shape index (κ1) is 20.2. The third kappa shape index (κ3) is 6.00. The van der Waals surface area contributed by atoms with Crippen LogP contribution in [0.25, 0.3) is 0 Å². The molecule has 140 valence electrons. The minimum atomic E-state index is -4.36. The Hall–Kier alpha value is -2.11. The molecule has 1 atom stereocenters. The zero-order valence-electron chi connectivity index (χ0n) is 14.8. The van der Waals surface area contributed by atoms with Crippen LogP contribution in [-0.2, 0) is 12.7 Å². The van der Waals surface area contributed by atoms with Gasteiger partial charge < -0.3 is 5.21 Å². The molecule has 0 aliphatic heterocycles. The zero-order valence-corrected chi connectivity index (χ0v) is 14.8. The fourth-order valence-electron chi connectivity index (χ4n) is 2.66. The molecule has 0 radical (unpaired) electrons. The van der Waals surface area contributed by atoms with Gasteiger partial charge in [0.2, 0.25) is 0 Å². The van der Waals surface area contributed by atoms with Crippen molar-refractivity contribution in [1.82, 2.24) is 5.06 Å². The SMILES string of the molecule is CCCC/C=C/C(c1ccccc1)N(O)Cc1ccc(C(F)(F)F)cc1. The maximum Gasteiger partial charge on any atom is 0.416 e. The lowest BCUT2D eigenvalue weighted by Crippen LogP contribution is -2.23. The summed E-state index contributed by atoms with van der Waals surface area (Å²) in [6, 6.07) is 14.1. The number of nitrogens with zero attached hydrogens (tertiary/aromatic N) is 1. The van der Waals surface area contributed by atoms with Gasteiger partial charge in [-0.25, -0.2) is 0 Å². The van der Waals surface area contributed by atoms with Crippen molar-refractivity contribution in [3.05, 3.63) is 83.4 Å². The Morgan fingerprint density at radius 3 is 2.27 bits per heavy atom. The van der Waals surface area contributed by atoms with Crippen LogP contribution in [0.15, 0.2) is 66.7 Å². The summed E-state index contributed by atoms with van der Waals surface area (Å²) >= 11 is 0. The van der Waals surface area contributed by atoms with Gasteiger partial charge >= 0.3 is 6.18 Å². The van der Waals surface area contributed by atoms with Gasteiger partial charge in [-0.05, 0) is 29.7 Å². The Kier molecular flexibility index (Phi) is 7.42. The van der Waals surface area contributed by atoms with E-state index in [-0.39, 0.29) is 12.6 Å². The van der Waals surface area contributed by atoms with Crippen LogP contribution in [-0.4, -0.2) is 10.3 Å². The minimum absolute atomic E-state index is 0.135. The van der Waals surface area contributed by atoms with Crippen LogP contribution in [0.1, 0.15) is 48.9 Å². The van der Waals surface area contributed by atoms with Crippen LogP contribution in [0.5, 0.6) is 0 Å². The Balaban J connectivity index is 2.13. The molecule has 2 nitrogen and oxygen atoms in total. The molecule has 0 heterocycles. The lowest BCUT2D eigenvalue weighted by atomic mass is 10.0. The van der Waals surface area contributed by atoms with Crippen molar-refractivity contribution < 1.29 is 18.4 Å². The molecule has 2 aromatic rings. The van der Waals surface area contributed by atoms with E-state index in [4.69, 9.17) is 0 Å². The van der Waals surface area contributed by atoms with Crippen molar-refractivity contribution in [1.29, 1.82) is 0 Å². The minimum Gasteiger partial charge on any atom is -0.313 e. The molecule has 0 saturated carbocycles. The summed E-state index contributed by atoms with van der Waals surface area (Å²) in [6.07, 6.45) is 2.71. The van der Waals surface area contributed by atoms with Gasteiger partial charge in [0.25, 0.3) is 0 Å². The normalized spacial score (nSPS) is 13.5. The van der Waals surface area contributed by atoms with Crippen molar-refractivity contribution >= 4 is 0 Å². The second kappa shape index (κ2) is 9.55. The van der Waals surface area contributed by atoms with Crippen molar-refractivity contribution in [3.8, 4) is 0 Å². The van der Waals surface area contributed by atoms with Gasteiger partial charge in [-0.1, -0.05) is 74.4 Å². The predicted octanol–water partition coefficient (Wildman–Crippen LogP) is 6.38. The standard InChI is InChI=1S/C21H24F3NO/c1-2-3-4-8-11-20(18-9-6-5-7-10-18)25(26)16-17-12-14-19(15-13-17)21(22,23)24/h5-15,20,26H,2-4,16H2,1H3/b11-8+. The van der Waals surface area contributed by atoms with Crippen molar-refractivity contribution in [2.24, 2.45) is 0 Å². The average Bonchev–Trinajstić information content (AvgIpc) is 2.62. The van der Waals surface area contributed by atoms with Crippen LogP contribution in [0, 0.1) is 0 Å². The van der Waals surface area contributed by atoms with Crippen LogP contribution < -0.4 is 0 Å². The van der Waals surface area contributed by atoms with Gasteiger partial charge in [0.15, 0.2) is 0 Å². The van der Waals surface area contributed by atoms with Crippen molar-refractivity contribution in [3.63, 3.8) is 0 Å². The maximum absolute atomic E-state index is 12.7. The summed E-state index contributed by atoms with van der Waals surface area (Å²) in [5.41, 5.74) is 0.850. The molecule has 0 saturated heterocycles. The third-order valence-corrected chi connectivity index (χ3v) is 4.13. The third-order valence-electron chi connectivity index (χ3n) is 4.13. The molecule has 1 unspecified atom stereocenters. The van der Waals surface area contributed by atoms with Gasteiger partial charge in [0.1, 0.15) is 0 Å². The van der Waals surface area contributed by atoms with Crippen LogP contribution in [0.4, 0.5) is 13.2 Å². The Morgan fingerprint density at radius 2 is 1.69 bits per heavy atom. The summed E-state index contributed by atoms with van der Waals surface area (Å²) in [5, 5.41) is 11.7. The second-order valence-electron chi connectivity index (χ2n) is 6.22. The van der Waals surface area contributed by atoms with E-state index < -0.39 is 11.7 Å². The number of halogens is 3. The molecule has 0 aliphatic rings. The van der Waals surface area contributed by atoms with Gasteiger partial charge in [0.05, 0.1) is 11.6 Å². The maximum atomic E-state index is 12.7. The van der Waals surface area contributed by atoms with Crippen LogP contribution in [0.2, 0.25) is 0 Å². The highest BCUT2D eigenvalue weighted by Gasteiger charge is 2.30. The molecule has 0 aromatic heterocycles. The summed E-state index contributed by atoms with van der Waals surface area (Å²) in [4.78, 5) is 0. The van der Waals surface area contributed by atoms with E-state index in [9.17, 15) is 18.4 Å². The highest BCUT2D eigenvalue weighted by atomic mass is 19.4. The number of benzene rings is 2. The molecule has 0 fully saturated rings. The van der Waals surface area contributed by atoms with Crippen LogP contribution >= 0.6 is 0 Å². The van der Waals surface area contributed by atoms with Gasteiger partial charge in [0, 0.05) is 6.54 Å². The van der Waals surface area contributed by atoms with Crippen LogP contribution in [0.3, 0.4) is 0 Å². The van der Waals surface area contributed by atoms with E-state index >= 15 is 0 Å². The number of hydroxylamine groups is 2. The first-order valence-electron chi connectivity index (χ1n) is 8.75. The average molecular weight is 363 g/mol. The molecular formula is C21H24F3NO. The number of allylic oxidation sites excluding steroid dienone is 1. The van der Waals surface area contributed by atoms with Gasteiger partial charge in [-0.15, -0.1) is 0 Å². The quantitative estimate of drug-likeness (QED) is 0.334. The summed E-state index contributed by atoms with van der Waals surface area (Å²) in [6.45, 7) is 2.25. The van der Waals surface area contributed by atoms with E-state index in [1.165, 1.54) is 12.1 Å². The molecule has 5 heteroatoms. The van der Waals surface area contributed by atoms with E-state index in [0.717, 1.165) is 42.0 Å². The predicted molar refractivity (Wildman–Crippen MR) is 96.6 cm³/mol. The molecule has 0 spiro atoms. The molecule has 0 bridgehead atoms. The second-order valence-corrected chi connectivity index (χ2v) is 6.22. The first-order valence-corrected chi connectivity index (χ1v) is 8.75. The summed E-state index contributed by atoms with van der Waals surface area (Å²) in [5.74, 6) is 0. The molecule has 1 N–H and O–H groups in total. The zero-order chi connectivity index (χ0) is 19.0. The molecule has 2 aromatic carbocycles. The van der Waals surface area contributed by atoms with E-state index in [2.05, 4.69) is 6.92 Å². The smallest absolute Gasteiger partial charge is 0.313 e. The van der Waals surface area contributed by atoms with E-state index in [1.54, 1.807) is 0 Å². The number of hydrogen-bond donors (Lipinski definition) is 1. The highest BCUT2D eigenvalue weighted by Crippen LogP contribution is 2.30. The Bertz CT molecular complexity index is 681. The molecule has 26 heavy (non-hydrogen) atoms. The lowest BCUT2D eigenvalue weighted by Gasteiger charge is -2.24. The fraction of sp³-hybridized carbons (Fsp3) is 0.333. The fourth-order valence-corrected chi connectivity index (χ4v) is 2.66. The van der Waals surface area contributed by atoms with Gasteiger partial charge in [-0.2, -0.15) is 18.2 Å². The number of hydrogen-bond acceptors (Lipinski definition) is 2. The number of rotatable bonds is 8. The van der Waals surface area contributed by atoms with E-state index in [1.807, 2.05) is 42.5 Å². The number of alkyl halides is 3. The monoisotopic (exact) mass is 363 g/mol. The summed E-state index contributed by atoms with van der Waals surface area (Å²) < 4.78 is 38.0. The largest absolute Gasteiger partial charge is 0.416 e. The Labute approximate surface area is 152 Å². The van der Waals surface area contributed by atoms with E-state index in [0.29, 0.717) is 5.56 Å². The van der Waals surface area contributed by atoms with Crippen molar-refractivity contribution in [2.75, 3.05) is 0 Å². The van der Waals surface area contributed by atoms with Gasteiger partial charge in [-0.3, -0.25) is 0 Å².